The number of hydrogen-bond donors (Lipinski definition) is 0. The molecule has 1 unspecified atom stereocenters. The Morgan fingerprint density at radius 3 is 2.50 bits per heavy atom. The molecule has 150 valence electrons. The molecule has 0 amide bonds. The number of aryl methyl sites for hydroxylation is 1. The summed E-state index contributed by atoms with van der Waals surface area (Å²) in [5, 5.41) is 4.65. The molecule has 5 rings (SSSR count). The number of benzene rings is 2. The lowest BCUT2D eigenvalue weighted by Crippen LogP contribution is -2.21. The first-order valence-corrected chi connectivity index (χ1v) is 9.99. The van der Waals surface area contributed by atoms with Crippen LogP contribution < -0.4 is 0 Å². The molecule has 0 N–H and O–H groups in total. The van der Waals surface area contributed by atoms with Crippen molar-refractivity contribution in [2.45, 2.75) is 32.1 Å². The van der Waals surface area contributed by atoms with Gasteiger partial charge in [0.1, 0.15) is 11.6 Å². The van der Waals surface area contributed by atoms with Crippen molar-refractivity contribution in [1.29, 1.82) is 0 Å². The Labute approximate surface area is 172 Å². The lowest BCUT2D eigenvalue weighted by Gasteiger charge is -2.23. The third kappa shape index (κ3) is 3.09. The second kappa shape index (κ2) is 7.13. The second-order valence-corrected chi connectivity index (χ2v) is 7.64. The maximum atomic E-state index is 13.7. The minimum absolute atomic E-state index is 0.0878. The molecule has 1 aliphatic carbocycles. The molecule has 4 nitrogen and oxygen atoms in total. The lowest BCUT2D eigenvalue weighted by atomic mass is 9.82. The van der Waals surface area contributed by atoms with Crippen molar-refractivity contribution in [3.05, 3.63) is 88.9 Å². The number of halogens is 2. The molecule has 30 heavy (non-hydrogen) atoms. The van der Waals surface area contributed by atoms with Gasteiger partial charge in [-0.15, -0.1) is 0 Å². The third-order valence-electron chi connectivity index (χ3n) is 5.69. The summed E-state index contributed by atoms with van der Waals surface area (Å²) in [5.41, 5.74) is 5.23. The minimum atomic E-state index is -0.638. The van der Waals surface area contributed by atoms with Crippen LogP contribution in [0.5, 0.6) is 0 Å². The Bertz CT molecular complexity index is 1260. The van der Waals surface area contributed by atoms with E-state index in [2.05, 4.69) is 5.10 Å². The molecule has 0 radical (unpaired) electrons. The van der Waals surface area contributed by atoms with Gasteiger partial charge < -0.3 is 0 Å². The largest absolute Gasteiger partial charge is 0.294 e. The van der Waals surface area contributed by atoms with E-state index < -0.39 is 11.6 Å². The van der Waals surface area contributed by atoms with Gasteiger partial charge in [-0.25, -0.2) is 18.3 Å². The summed E-state index contributed by atoms with van der Waals surface area (Å²) >= 11 is 0. The molecular weight excluding hydrogens is 384 g/mol. The summed E-state index contributed by atoms with van der Waals surface area (Å²) in [6.45, 7) is 2.04. The fraction of sp³-hybridized carbons (Fsp3) is 0.208. The SMILES string of the molecule is CCc1nn2cc3c(nc2c1-c1ccccc1)CC(c1cc(F)cc(F)c1)CC3=O. The van der Waals surface area contributed by atoms with Crippen LogP contribution >= 0.6 is 0 Å². The van der Waals surface area contributed by atoms with Crippen molar-refractivity contribution in [2.75, 3.05) is 0 Å². The van der Waals surface area contributed by atoms with Crippen molar-refractivity contribution in [2.24, 2.45) is 0 Å². The summed E-state index contributed by atoms with van der Waals surface area (Å²) in [7, 11) is 0. The van der Waals surface area contributed by atoms with Crippen LogP contribution in [0.3, 0.4) is 0 Å². The van der Waals surface area contributed by atoms with Crippen LogP contribution in [0.1, 0.15) is 46.6 Å². The molecule has 0 spiro atoms. The maximum Gasteiger partial charge on any atom is 0.166 e. The molecule has 2 aromatic heterocycles. The van der Waals surface area contributed by atoms with Gasteiger partial charge in [-0.3, -0.25) is 4.79 Å². The highest BCUT2D eigenvalue weighted by atomic mass is 19.1. The molecule has 0 fully saturated rings. The molecular formula is C24H19F2N3O. The zero-order valence-electron chi connectivity index (χ0n) is 16.4. The highest BCUT2D eigenvalue weighted by molar-refractivity contribution is 5.99. The van der Waals surface area contributed by atoms with Gasteiger partial charge in [0, 0.05) is 24.2 Å². The van der Waals surface area contributed by atoms with Gasteiger partial charge in [0.15, 0.2) is 11.4 Å². The number of ketones is 1. The van der Waals surface area contributed by atoms with Gasteiger partial charge >= 0.3 is 0 Å². The first-order valence-electron chi connectivity index (χ1n) is 9.99. The van der Waals surface area contributed by atoms with Gasteiger partial charge in [0.2, 0.25) is 0 Å². The monoisotopic (exact) mass is 403 g/mol. The molecule has 2 heterocycles. The van der Waals surface area contributed by atoms with E-state index in [1.54, 1.807) is 10.7 Å². The number of carbonyl (C=O) groups is 1. The molecule has 4 aromatic rings. The van der Waals surface area contributed by atoms with Crippen LogP contribution in [0, 0.1) is 11.6 Å². The highest BCUT2D eigenvalue weighted by Gasteiger charge is 2.30. The van der Waals surface area contributed by atoms with E-state index in [0.717, 1.165) is 29.3 Å². The molecule has 6 heteroatoms. The van der Waals surface area contributed by atoms with E-state index in [9.17, 15) is 13.6 Å². The number of Topliss-reactive ketones (excluding diaryl/α,β-unsaturated/α-hetero) is 1. The van der Waals surface area contributed by atoms with Gasteiger partial charge in [0.25, 0.3) is 0 Å². The van der Waals surface area contributed by atoms with Crippen molar-refractivity contribution in [3.63, 3.8) is 0 Å². The number of nitrogens with zero attached hydrogens (tertiary/aromatic N) is 3. The van der Waals surface area contributed by atoms with Crippen LogP contribution in [-0.2, 0) is 12.8 Å². The van der Waals surface area contributed by atoms with Gasteiger partial charge in [-0.05, 0) is 42.0 Å². The predicted octanol–water partition coefficient (Wildman–Crippen LogP) is 5.15. The van der Waals surface area contributed by atoms with Crippen LogP contribution in [0.4, 0.5) is 8.78 Å². The van der Waals surface area contributed by atoms with Crippen LogP contribution in [0.2, 0.25) is 0 Å². The average Bonchev–Trinajstić information content (AvgIpc) is 3.10. The van der Waals surface area contributed by atoms with E-state index in [4.69, 9.17) is 4.98 Å². The zero-order valence-corrected chi connectivity index (χ0v) is 16.4. The van der Waals surface area contributed by atoms with Crippen LogP contribution in [-0.4, -0.2) is 20.4 Å². The fourth-order valence-electron chi connectivity index (χ4n) is 4.28. The molecule has 0 saturated carbocycles. The van der Waals surface area contributed by atoms with E-state index in [1.807, 2.05) is 37.3 Å². The Kier molecular flexibility index (Phi) is 4.42. The summed E-state index contributed by atoms with van der Waals surface area (Å²) in [4.78, 5) is 17.7. The van der Waals surface area contributed by atoms with E-state index in [1.165, 1.54) is 12.1 Å². The van der Waals surface area contributed by atoms with Crippen LogP contribution in [0.15, 0.2) is 54.7 Å². The number of hydrogen-bond acceptors (Lipinski definition) is 3. The summed E-state index contributed by atoms with van der Waals surface area (Å²) in [5.74, 6) is -1.67. The predicted molar refractivity (Wildman–Crippen MR) is 110 cm³/mol. The number of rotatable bonds is 3. The normalized spacial score (nSPS) is 16.1. The van der Waals surface area contributed by atoms with E-state index in [-0.39, 0.29) is 18.1 Å². The summed E-state index contributed by atoms with van der Waals surface area (Å²) in [6.07, 6.45) is 3.11. The molecule has 2 aromatic carbocycles. The fourth-order valence-corrected chi connectivity index (χ4v) is 4.28. The Morgan fingerprint density at radius 1 is 1.07 bits per heavy atom. The van der Waals surface area contributed by atoms with Crippen molar-refractivity contribution >= 4 is 11.4 Å². The van der Waals surface area contributed by atoms with Gasteiger partial charge in [-0.1, -0.05) is 37.3 Å². The lowest BCUT2D eigenvalue weighted by molar-refractivity contribution is 0.0962. The van der Waals surface area contributed by atoms with Gasteiger partial charge in [0.05, 0.1) is 17.0 Å². The molecule has 0 aliphatic heterocycles. The molecule has 0 saturated heterocycles. The van der Waals surface area contributed by atoms with Crippen molar-refractivity contribution in [1.82, 2.24) is 14.6 Å². The first kappa shape index (κ1) is 18.6. The molecule has 1 atom stereocenters. The average molecular weight is 403 g/mol. The smallest absolute Gasteiger partial charge is 0.166 e. The molecule has 0 bridgehead atoms. The highest BCUT2D eigenvalue weighted by Crippen LogP contribution is 2.35. The van der Waals surface area contributed by atoms with Crippen molar-refractivity contribution < 1.29 is 13.6 Å². The third-order valence-corrected chi connectivity index (χ3v) is 5.69. The maximum absolute atomic E-state index is 13.7. The second-order valence-electron chi connectivity index (χ2n) is 7.64. The first-order chi connectivity index (χ1) is 14.5. The van der Waals surface area contributed by atoms with Crippen LogP contribution in [0.25, 0.3) is 16.8 Å². The number of carbonyl (C=O) groups excluding carboxylic acids is 1. The Hall–Kier alpha value is -3.41. The van der Waals surface area contributed by atoms with E-state index in [0.29, 0.717) is 28.9 Å². The molecule has 1 aliphatic rings. The quantitative estimate of drug-likeness (QED) is 0.475. The van der Waals surface area contributed by atoms with Crippen molar-refractivity contribution in [3.8, 4) is 11.1 Å². The summed E-state index contributed by atoms with van der Waals surface area (Å²) < 4.78 is 29.1. The minimum Gasteiger partial charge on any atom is -0.294 e. The van der Waals surface area contributed by atoms with Gasteiger partial charge in [-0.2, -0.15) is 5.10 Å². The Morgan fingerprint density at radius 2 is 1.80 bits per heavy atom. The number of aromatic nitrogens is 3. The van der Waals surface area contributed by atoms with E-state index >= 15 is 0 Å². The number of fused-ring (bicyclic) bond motifs is 2. The Balaban J connectivity index is 1.65. The summed E-state index contributed by atoms with van der Waals surface area (Å²) in [6, 6.07) is 13.4. The standard InChI is InChI=1S/C24H19F2N3O/c1-2-20-23(14-6-4-3-5-7-14)24-27-21-10-16(15-8-17(25)12-18(26)9-15)11-22(30)19(21)13-29(24)28-20/h3-9,12-13,16H,2,10-11H2,1H3. The zero-order chi connectivity index (χ0) is 20.8. The topological polar surface area (TPSA) is 47.3 Å².